The quantitative estimate of drug-likeness (QED) is 0.753. The highest BCUT2D eigenvalue weighted by atomic mass is 16.3. The largest absolute Gasteiger partial charge is 0.373 e. The van der Waals surface area contributed by atoms with Gasteiger partial charge in [-0.3, -0.25) is 4.57 Å². The van der Waals surface area contributed by atoms with E-state index in [2.05, 4.69) is 22.1 Å². The fourth-order valence-corrected chi connectivity index (χ4v) is 2.83. The van der Waals surface area contributed by atoms with Crippen LogP contribution in [0, 0.1) is 0 Å². The van der Waals surface area contributed by atoms with Crippen molar-refractivity contribution < 1.29 is 5.11 Å². The Balaban J connectivity index is 1.93. The summed E-state index contributed by atoms with van der Waals surface area (Å²) in [4.78, 5) is 2.31. The van der Waals surface area contributed by atoms with Crippen LogP contribution in [0.4, 0.5) is 0 Å². The zero-order chi connectivity index (χ0) is 11.1. The Bertz CT molecular complexity index is 389. The molecule has 1 saturated heterocycles. The van der Waals surface area contributed by atoms with Gasteiger partial charge in [0.05, 0.1) is 0 Å². The number of aliphatic hydroxyl groups is 1. The van der Waals surface area contributed by atoms with Crippen LogP contribution in [0.5, 0.6) is 0 Å². The molecule has 1 fully saturated rings. The average Bonchev–Trinajstić information content (AvgIpc) is 2.84. The minimum absolute atomic E-state index is 0.403. The van der Waals surface area contributed by atoms with Crippen molar-refractivity contribution in [2.75, 3.05) is 20.1 Å². The minimum Gasteiger partial charge on any atom is -0.373 e. The molecule has 2 aliphatic heterocycles. The molecule has 88 valence electrons. The predicted octanol–water partition coefficient (Wildman–Crippen LogP) is 0.524. The molecule has 2 atom stereocenters. The molecule has 2 unspecified atom stereocenters. The Labute approximate surface area is 95.1 Å². The number of hydrogen-bond acceptors (Lipinski definition) is 4. The molecular weight excluding hydrogens is 204 g/mol. The minimum atomic E-state index is -0.403. The summed E-state index contributed by atoms with van der Waals surface area (Å²) in [6.45, 7) is 2.15. The maximum absolute atomic E-state index is 10.0. The first-order chi connectivity index (χ1) is 7.75. The van der Waals surface area contributed by atoms with Gasteiger partial charge in [0.2, 0.25) is 0 Å². The van der Waals surface area contributed by atoms with Gasteiger partial charge in [-0.05, 0) is 32.9 Å². The van der Waals surface area contributed by atoms with Crippen molar-refractivity contribution in [3.05, 3.63) is 11.6 Å². The van der Waals surface area contributed by atoms with Crippen molar-refractivity contribution in [3.8, 4) is 0 Å². The number of aliphatic hydroxyl groups excluding tert-OH is 1. The monoisotopic (exact) mass is 222 g/mol. The third-order valence-electron chi connectivity index (χ3n) is 3.71. The summed E-state index contributed by atoms with van der Waals surface area (Å²) in [6.07, 6.45) is 3.53. The van der Waals surface area contributed by atoms with Gasteiger partial charge in [-0.1, -0.05) is 0 Å². The van der Waals surface area contributed by atoms with Crippen molar-refractivity contribution >= 4 is 0 Å². The Morgan fingerprint density at radius 3 is 2.94 bits per heavy atom. The average molecular weight is 222 g/mol. The van der Waals surface area contributed by atoms with Gasteiger partial charge >= 0.3 is 0 Å². The number of hydrogen-bond donors (Lipinski definition) is 1. The third kappa shape index (κ3) is 1.55. The number of fused-ring (bicyclic) bond motifs is 1. The zero-order valence-electron chi connectivity index (χ0n) is 9.63. The van der Waals surface area contributed by atoms with E-state index in [4.69, 9.17) is 0 Å². The number of nitrogens with zero attached hydrogens (tertiary/aromatic N) is 4. The van der Waals surface area contributed by atoms with Crippen molar-refractivity contribution in [1.29, 1.82) is 0 Å². The van der Waals surface area contributed by atoms with Crippen LogP contribution >= 0.6 is 0 Å². The summed E-state index contributed by atoms with van der Waals surface area (Å²) >= 11 is 0. The summed E-state index contributed by atoms with van der Waals surface area (Å²) in [5, 5.41) is 18.5. The van der Waals surface area contributed by atoms with Crippen LogP contribution in [0.25, 0.3) is 0 Å². The van der Waals surface area contributed by atoms with Gasteiger partial charge in [0.1, 0.15) is 17.9 Å². The lowest BCUT2D eigenvalue weighted by Crippen LogP contribution is -2.22. The van der Waals surface area contributed by atoms with Gasteiger partial charge in [0, 0.05) is 18.9 Å². The molecule has 0 bridgehead atoms. The number of aryl methyl sites for hydroxylation is 1. The van der Waals surface area contributed by atoms with Crippen molar-refractivity contribution in [1.82, 2.24) is 19.7 Å². The summed E-state index contributed by atoms with van der Waals surface area (Å²) < 4.78 is 1.97. The predicted molar refractivity (Wildman–Crippen MR) is 59.1 cm³/mol. The van der Waals surface area contributed by atoms with Crippen LogP contribution in [0.15, 0.2) is 0 Å². The molecule has 5 heteroatoms. The zero-order valence-corrected chi connectivity index (χ0v) is 9.63. The lowest BCUT2D eigenvalue weighted by atomic mass is 10.1. The molecule has 0 aromatic carbocycles. The van der Waals surface area contributed by atoms with Crippen LogP contribution in [-0.2, 0) is 6.42 Å². The molecule has 3 heterocycles. The van der Waals surface area contributed by atoms with E-state index in [1.807, 2.05) is 4.57 Å². The van der Waals surface area contributed by atoms with Crippen LogP contribution in [-0.4, -0.2) is 44.9 Å². The normalized spacial score (nSPS) is 30.6. The van der Waals surface area contributed by atoms with Crippen LogP contribution in [0.3, 0.4) is 0 Å². The molecule has 0 aliphatic carbocycles. The Kier molecular flexibility index (Phi) is 2.44. The molecule has 2 aliphatic rings. The van der Waals surface area contributed by atoms with E-state index in [1.54, 1.807) is 0 Å². The number of rotatable bonds is 1. The lowest BCUT2D eigenvalue weighted by Gasteiger charge is -2.23. The summed E-state index contributed by atoms with van der Waals surface area (Å²) in [6, 6.07) is 0. The Morgan fingerprint density at radius 2 is 2.19 bits per heavy atom. The highest BCUT2D eigenvalue weighted by Gasteiger charge is 2.30. The first kappa shape index (κ1) is 10.2. The van der Waals surface area contributed by atoms with Gasteiger partial charge in [-0.15, -0.1) is 10.2 Å². The number of likely N-dealkylation sites (N-methyl/N-ethyl adjacent to an activating group) is 1. The summed E-state index contributed by atoms with van der Waals surface area (Å²) in [7, 11) is 2.13. The SMILES string of the molecule is CN1CCC(c2nnc3n2C(O)CCC3)C1. The van der Waals surface area contributed by atoms with Crippen LogP contribution in [0.2, 0.25) is 0 Å². The maximum atomic E-state index is 10.0. The molecule has 0 radical (unpaired) electrons. The standard InChI is InChI=1S/C11H18N4O/c1-14-6-5-8(7-14)11-13-12-9-3-2-4-10(16)15(9)11/h8,10,16H,2-7H2,1H3. The van der Waals surface area contributed by atoms with Gasteiger partial charge in [-0.2, -0.15) is 0 Å². The smallest absolute Gasteiger partial charge is 0.139 e. The van der Waals surface area contributed by atoms with E-state index >= 15 is 0 Å². The molecular formula is C11H18N4O. The van der Waals surface area contributed by atoms with Gasteiger partial charge in [0.15, 0.2) is 0 Å². The van der Waals surface area contributed by atoms with Crippen LogP contribution < -0.4 is 0 Å². The lowest BCUT2D eigenvalue weighted by molar-refractivity contribution is 0.0738. The molecule has 16 heavy (non-hydrogen) atoms. The van der Waals surface area contributed by atoms with E-state index in [9.17, 15) is 5.11 Å². The van der Waals surface area contributed by atoms with Crippen LogP contribution in [0.1, 0.15) is 43.1 Å². The summed E-state index contributed by atoms with van der Waals surface area (Å²) in [5.74, 6) is 2.40. The highest BCUT2D eigenvalue weighted by molar-refractivity contribution is 5.08. The van der Waals surface area contributed by atoms with Gasteiger partial charge < -0.3 is 10.0 Å². The molecule has 0 saturated carbocycles. The first-order valence-electron chi connectivity index (χ1n) is 6.06. The van der Waals surface area contributed by atoms with E-state index in [0.717, 1.165) is 50.4 Å². The number of aromatic nitrogens is 3. The highest BCUT2D eigenvalue weighted by Crippen LogP contribution is 2.30. The third-order valence-corrected chi connectivity index (χ3v) is 3.71. The molecule has 1 aromatic rings. The Morgan fingerprint density at radius 1 is 1.31 bits per heavy atom. The van der Waals surface area contributed by atoms with Gasteiger partial charge in [-0.25, -0.2) is 0 Å². The van der Waals surface area contributed by atoms with Crippen molar-refractivity contribution in [3.63, 3.8) is 0 Å². The van der Waals surface area contributed by atoms with Crippen molar-refractivity contribution in [2.45, 2.75) is 37.8 Å². The van der Waals surface area contributed by atoms with Crippen molar-refractivity contribution in [2.24, 2.45) is 0 Å². The summed E-state index contributed by atoms with van der Waals surface area (Å²) in [5.41, 5.74) is 0. The molecule has 0 amide bonds. The molecule has 0 spiro atoms. The maximum Gasteiger partial charge on any atom is 0.139 e. The van der Waals surface area contributed by atoms with E-state index in [0.29, 0.717) is 5.92 Å². The first-order valence-corrected chi connectivity index (χ1v) is 6.06. The van der Waals surface area contributed by atoms with Gasteiger partial charge in [0.25, 0.3) is 0 Å². The topological polar surface area (TPSA) is 54.2 Å². The number of likely N-dealkylation sites (tertiary alicyclic amines) is 1. The fourth-order valence-electron chi connectivity index (χ4n) is 2.83. The molecule has 5 nitrogen and oxygen atoms in total. The molecule has 3 rings (SSSR count). The van der Waals surface area contributed by atoms with E-state index < -0.39 is 6.23 Å². The molecule has 1 aromatic heterocycles. The second kappa shape index (κ2) is 3.82. The van der Waals surface area contributed by atoms with E-state index in [1.165, 1.54) is 0 Å². The second-order valence-corrected chi connectivity index (χ2v) is 4.97. The second-order valence-electron chi connectivity index (χ2n) is 4.97. The Hall–Kier alpha value is -0.940. The van der Waals surface area contributed by atoms with E-state index in [-0.39, 0.29) is 0 Å². The fraction of sp³-hybridized carbons (Fsp3) is 0.818. The molecule has 1 N–H and O–H groups in total.